The van der Waals surface area contributed by atoms with Crippen LogP contribution in [0.15, 0.2) is 162 Å². The van der Waals surface area contributed by atoms with Crippen LogP contribution < -0.4 is 10.6 Å². The van der Waals surface area contributed by atoms with Crippen LogP contribution in [0.1, 0.15) is 67.3 Å². The number of oxime groups is 1. The van der Waals surface area contributed by atoms with Gasteiger partial charge in [0.15, 0.2) is 16.9 Å². The lowest BCUT2D eigenvalue weighted by atomic mass is 9.77. The fraction of sp³-hybridized carbons (Fsp3) is 0.269. The average molecular weight is 954 g/mol. The summed E-state index contributed by atoms with van der Waals surface area (Å²) in [6.45, 7) is 6.76. The van der Waals surface area contributed by atoms with Crippen molar-refractivity contribution in [1.29, 1.82) is 0 Å². The molecule has 1 aromatic heterocycles. The Hall–Kier alpha value is -6.42. The first-order valence-electron chi connectivity index (χ1n) is 21.9. The number of hydrogen-bond acceptors (Lipinski definition) is 13. The number of ether oxygens (including phenoxy) is 2. The molecule has 344 valence electrons. The van der Waals surface area contributed by atoms with Gasteiger partial charge in [0, 0.05) is 17.7 Å². The van der Waals surface area contributed by atoms with Crippen LogP contribution in [0.4, 0.5) is 5.13 Å². The number of amides is 2. The highest BCUT2D eigenvalue weighted by molar-refractivity contribution is 8.01. The highest BCUT2D eigenvalue weighted by atomic mass is 32.2. The van der Waals surface area contributed by atoms with Gasteiger partial charge in [-0.1, -0.05) is 157 Å². The molecule has 3 unspecified atom stereocenters. The second-order valence-electron chi connectivity index (χ2n) is 17.4. The molecule has 5 aromatic carbocycles. The number of nitrogens with one attached hydrogen (secondary N) is 2. The number of thiazole rings is 1. The fourth-order valence-electron chi connectivity index (χ4n) is 7.97. The SMILES string of the molecule is CC(CON=C(C(=O)NC1C(=O)N2CC(S)(C(=O)OC(c3ccccc3)c3ccccc3)CS[C@H]12)c1csc(NC(c2ccccc2)(c2ccccc2)c2ccccc2)n1)C(=O)OC(C)(C)C. The number of carbonyl (C=O) groups is 4. The Morgan fingerprint density at radius 1 is 0.821 bits per heavy atom. The van der Waals surface area contributed by atoms with Crippen molar-refractivity contribution < 1.29 is 33.5 Å². The lowest BCUT2D eigenvalue weighted by molar-refractivity contribution is -0.161. The van der Waals surface area contributed by atoms with Crippen molar-refractivity contribution in [3.05, 3.63) is 191 Å². The molecule has 0 aliphatic carbocycles. The lowest BCUT2D eigenvalue weighted by Crippen LogP contribution is -2.74. The lowest BCUT2D eigenvalue weighted by Gasteiger charge is -2.53. The summed E-state index contributed by atoms with van der Waals surface area (Å²) in [4.78, 5) is 67.3. The van der Waals surface area contributed by atoms with Gasteiger partial charge in [0.2, 0.25) is 5.91 Å². The predicted molar refractivity (Wildman–Crippen MR) is 265 cm³/mol. The maximum atomic E-state index is 14.4. The van der Waals surface area contributed by atoms with E-state index in [1.165, 1.54) is 28.0 Å². The third-order valence-corrected chi connectivity index (χ3v) is 14.3. The van der Waals surface area contributed by atoms with Crippen molar-refractivity contribution in [3.63, 3.8) is 0 Å². The minimum atomic E-state index is -1.32. The number of esters is 2. The highest BCUT2D eigenvalue weighted by Crippen LogP contribution is 2.43. The monoisotopic (exact) mass is 953 g/mol. The summed E-state index contributed by atoms with van der Waals surface area (Å²) in [5.74, 6) is -2.65. The van der Waals surface area contributed by atoms with E-state index in [1.54, 1.807) is 33.1 Å². The molecule has 8 rings (SSSR count). The van der Waals surface area contributed by atoms with Gasteiger partial charge in [-0.3, -0.25) is 19.2 Å². The Balaban J connectivity index is 1.03. The standard InChI is InChI=1S/C52H51N5O7S3/c1-34(47(60)64-50(2,3)4)30-62-56-41(40-31-66-49(53-40)55-52(37-24-14-7-15-25-37,38-26-16-8-17-27-38)39-28-18-9-19-29-39)44(58)54-42-45(59)57-32-51(65,33-67-46(42)57)48(61)63-43(35-20-10-5-11-21-35)36-22-12-6-13-23-36/h5-29,31,34,42-43,46,65H,30,32-33H2,1-4H3,(H,53,55)(H,54,58)/t34?,42?,46-,51?/m1/s1. The number of rotatable bonds is 16. The molecule has 2 aliphatic heterocycles. The van der Waals surface area contributed by atoms with E-state index < -0.39 is 63.1 Å². The number of thioether (sulfide) groups is 1. The van der Waals surface area contributed by atoms with Crippen LogP contribution in [-0.2, 0) is 39.0 Å². The van der Waals surface area contributed by atoms with E-state index in [0.717, 1.165) is 27.8 Å². The van der Waals surface area contributed by atoms with Crippen LogP contribution in [0, 0.1) is 5.92 Å². The third kappa shape index (κ3) is 10.4. The highest BCUT2D eigenvalue weighted by Gasteiger charge is 2.57. The largest absolute Gasteiger partial charge is 0.460 e. The molecule has 3 heterocycles. The number of carbonyl (C=O) groups excluding carboxylic acids is 4. The Labute approximate surface area is 403 Å². The molecule has 2 amide bonds. The number of thiol groups is 1. The fourth-order valence-corrected chi connectivity index (χ4v) is 10.5. The maximum absolute atomic E-state index is 14.4. The normalized spacial score (nSPS) is 18.8. The summed E-state index contributed by atoms with van der Waals surface area (Å²) in [6, 6.07) is 48.1. The van der Waals surface area contributed by atoms with Gasteiger partial charge in [0.1, 0.15) is 39.6 Å². The smallest absolute Gasteiger partial charge is 0.325 e. The summed E-state index contributed by atoms with van der Waals surface area (Å²) >= 11 is 7.44. The summed E-state index contributed by atoms with van der Waals surface area (Å²) in [5, 5.41) is 12.5. The van der Waals surface area contributed by atoms with Gasteiger partial charge in [0.25, 0.3) is 5.91 Å². The van der Waals surface area contributed by atoms with E-state index in [-0.39, 0.29) is 30.3 Å². The number of nitrogens with zero attached hydrogens (tertiary/aromatic N) is 3. The van der Waals surface area contributed by atoms with Crippen molar-refractivity contribution in [1.82, 2.24) is 15.2 Å². The minimum Gasteiger partial charge on any atom is -0.460 e. The van der Waals surface area contributed by atoms with Gasteiger partial charge in [-0.25, -0.2) is 4.98 Å². The third-order valence-electron chi connectivity index (χ3n) is 11.3. The number of fused-ring (bicyclic) bond motifs is 1. The van der Waals surface area contributed by atoms with Crippen LogP contribution in [0.5, 0.6) is 0 Å². The van der Waals surface area contributed by atoms with Crippen LogP contribution in [0.25, 0.3) is 0 Å². The molecule has 2 saturated heterocycles. The van der Waals surface area contributed by atoms with Crippen molar-refractivity contribution >= 4 is 70.3 Å². The second-order valence-corrected chi connectivity index (χ2v) is 20.3. The molecule has 67 heavy (non-hydrogen) atoms. The van der Waals surface area contributed by atoms with Gasteiger partial charge in [-0.05, 0) is 55.5 Å². The van der Waals surface area contributed by atoms with E-state index in [9.17, 15) is 19.2 Å². The summed E-state index contributed by atoms with van der Waals surface area (Å²) in [7, 11) is 0. The van der Waals surface area contributed by atoms with Crippen molar-refractivity contribution in [2.45, 2.75) is 61.1 Å². The number of β-lactam (4-membered cyclic amide) rings is 1. The first-order valence-corrected chi connectivity index (χ1v) is 24.2. The Bertz CT molecular complexity index is 2570. The van der Waals surface area contributed by atoms with Crippen molar-refractivity contribution in [2.75, 3.05) is 24.2 Å². The second kappa shape index (κ2) is 20.2. The quantitative estimate of drug-likeness (QED) is 0.0215. The van der Waals surface area contributed by atoms with E-state index in [1.807, 2.05) is 115 Å². The predicted octanol–water partition coefficient (Wildman–Crippen LogP) is 8.65. The molecule has 12 nitrogen and oxygen atoms in total. The Morgan fingerprint density at radius 3 is 1.84 bits per heavy atom. The Kier molecular flexibility index (Phi) is 14.2. The molecule has 2 fully saturated rings. The maximum Gasteiger partial charge on any atom is 0.325 e. The van der Waals surface area contributed by atoms with Crippen molar-refractivity contribution in [3.8, 4) is 0 Å². The zero-order valence-electron chi connectivity index (χ0n) is 37.4. The van der Waals surface area contributed by atoms with Crippen LogP contribution >= 0.6 is 35.7 Å². The number of benzene rings is 5. The molecular weight excluding hydrogens is 903 g/mol. The van der Waals surface area contributed by atoms with Gasteiger partial charge in [-0.2, -0.15) is 12.6 Å². The topological polar surface area (TPSA) is 149 Å². The zero-order valence-corrected chi connectivity index (χ0v) is 39.9. The molecular formula is C52H51N5O7S3. The summed E-state index contributed by atoms with van der Waals surface area (Å²) < 4.78 is 10.4. The van der Waals surface area contributed by atoms with Gasteiger partial charge in [-0.15, -0.1) is 23.1 Å². The van der Waals surface area contributed by atoms with Crippen LogP contribution in [0.3, 0.4) is 0 Å². The molecule has 0 radical (unpaired) electrons. The molecule has 0 spiro atoms. The van der Waals surface area contributed by atoms with Gasteiger partial charge in [0.05, 0.1) is 5.92 Å². The minimum absolute atomic E-state index is 0.0200. The van der Waals surface area contributed by atoms with E-state index in [2.05, 4.69) is 52.2 Å². The van der Waals surface area contributed by atoms with Gasteiger partial charge < -0.3 is 29.8 Å². The molecule has 0 saturated carbocycles. The number of aromatic nitrogens is 1. The first-order chi connectivity index (χ1) is 32.3. The van der Waals surface area contributed by atoms with Gasteiger partial charge >= 0.3 is 11.9 Å². The zero-order chi connectivity index (χ0) is 47.2. The molecule has 15 heteroatoms. The van der Waals surface area contributed by atoms with Crippen LogP contribution in [0.2, 0.25) is 0 Å². The summed E-state index contributed by atoms with van der Waals surface area (Å²) in [5.41, 5.74) is 2.84. The van der Waals surface area contributed by atoms with E-state index >= 15 is 0 Å². The molecule has 0 bridgehead atoms. The molecule has 4 atom stereocenters. The molecule has 2 aliphatic rings. The summed E-state index contributed by atoms with van der Waals surface area (Å²) in [6.07, 6.45) is -0.680. The first kappa shape index (κ1) is 47.1. The number of anilines is 1. The average Bonchev–Trinajstić information content (AvgIpc) is 3.81. The number of hydrogen-bond donors (Lipinski definition) is 3. The molecule has 6 aromatic rings. The van der Waals surface area contributed by atoms with Crippen LogP contribution in [-0.4, -0.2) is 80.0 Å². The van der Waals surface area contributed by atoms with E-state index in [0.29, 0.717) is 5.13 Å². The van der Waals surface area contributed by atoms with Crippen molar-refractivity contribution in [2.24, 2.45) is 11.1 Å². The Morgan fingerprint density at radius 2 is 1.33 bits per heavy atom. The van der Waals surface area contributed by atoms with E-state index in [4.69, 9.17) is 31.9 Å². The molecule has 2 N–H and O–H groups in total.